The molecule has 0 unspecified atom stereocenters. The Hall–Kier alpha value is -0.970. The van der Waals surface area contributed by atoms with E-state index in [1.807, 2.05) is 13.8 Å². The smallest absolute Gasteiger partial charge is 0.284 e. The Morgan fingerprint density at radius 3 is 2.44 bits per heavy atom. The Bertz CT molecular complexity index is 385. The van der Waals surface area contributed by atoms with Gasteiger partial charge in [0.15, 0.2) is 0 Å². The molecule has 0 spiro atoms. The average molecular weight is 248 g/mol. The van der Waals surface area contributed by atoms with Crippen LogP contribution in [0.2, 0.25) is 0 Å². The summed E-state index contributed by atoms with van der Waals surface area (Å²) in [5.41, 5.74) is -0.307. The highest BCUT2D eigenvalue weighted by atomic mass is 32.2. The highest BCUT2D eigenvalue weighted by Crippen LogP contribution is 2.27. The summed E-state index contributed by atoms with van der Waals surface area (Å²) in [6.07, 6.45) is -4.80. The maximum Gasteiger partial charge on any atom is 0.454 e. The second-order valence-electron chi connectivity index (χ2n) is 3.52. The van der Waals surface area contributed by atoms with Gasteiger partial charge in [-0.1, -0.05) is 26.0 Å². The number of ketones is 1. The third-order valence-corrected chi connectivity index (χ3v) is 2.72. The van der Waals surface area contributed by atoms with Crippen molar-refractivity contribution >= 4 is 17.5 Å². The molecule has 0 aromatic heterocycles. The molecule has 0 saturated carbocycles. The number of thioether (sulfide) groups is 1. The summed E-state index contributed by atoms with van der Waals surface area (Å²) < 4.78 is 36.5. The van der Waals surface area contributed by atoms with Crippen LogP contribution in [-0.4, -0.2) is 17.2 Å². The van der Waals surface area contributed by atoms with Gasteiger partial charge in [0.2, 0.25) is 0 Å². The zero-order chi connectivity index (χ0) is 12.3. The maximum absolute atomic E-state index is 12.2. The van der Waals surface area contributed by atoms with Crippen molar-refractivity contribution in [3.8, 4) is 0 Å². The van der Waals surface area contributed by atoms with Crippen molar-refractivity contribution < 1.29 is 18.0 Å². The summed E-state index contributed by atoms with van der Waals surface area (Å²) in [4.78, 5) is 11.6. The molecule has 0 bridgehead atoms. The van der Waals surface area contributed by atoms with Crippen LogP contribution < -0.4 is 0 Å². The van der Waals surface area contributed by atoms with Gasteiger partial charge in [-0.3, -0.25) is 4.79 Å². The average Bonchev–Trinajstić information content (AvgIpc) is 2.14. The van der Waals surface area contributed by atoms with Crippen molar-refractivity contribution in [2.24, 2.45) is 0 Å². The largest absolute Gasteiger partial charge is 0.454 e. The van der Waals surface area contributed by atoms with Gasteiger partial charge >= 0.3 is 6.18 Å². The first-order valence-corrected chi connectivity index (χ1v) is 5.57. The monoisotopic (exact) mass is 248 g/mol. The van der Waals surface area contributed by atoms with Crippen LogP contribution in [0.3, 0.4) is 0 Å². The molecule has 0 aliphatic carbocycles. The van der Waals surface area contributed by atoms with E-state index in [1.54, 1.807) is 6.07 Å². The molecule has 1 rings (SSSR count). The number of rotatable bonds is 3. The first-order chi connectivity index (χ1) is 7.30. The predicted octanol–water partition coefficient (Wildman–Crippen LogP) is 3.93. The molecule has 0 atom stereocenters. The van der Waals surface area contributed by atoms with Crippen LogP contribution in [0.1, 0.15) is 24.2 Å². The Morgan fingerprint density at radius 2 is 1.94 bits per heavy atom. The molecule has 0 N–H and O–H groups in total. The van der Waals surface area contributed by atoms with Crippen LogP contribution in [0.4, 0.5) is 13.2 Å². The van der Waals surface area contributed by atoms with Gasteiger partial charge in [-0.25, -0.2) is 0 Å². The molecule has 0 aliphatic rings. The molecule has 1 aromatic rings. The summed E-state index contributed by atoms with van der Waals surface area (Å²) in [6.45, 7) is 3.87. The van der Waals surface area contributed by atoms with Crippen LogP contribution >= 0.6 is 11.8 Å². The van der Waals surface area contributed by atoms with Crippen LogP contribution in [-0.2, 0) is 0 Å². The molecule has 0 aliphatic heterocycles. The number of halogens is 3. The van der Waals surface area contributed by atoms with Crippen molar-refractivity contribution in [3.05, 3.63) is 29.8 Å². The number of hydrogen-bond acceptors (Lipinski definition) is 2. The van der Waals surface area contributed by atoms with E-state index in [9.17, 15) is 18.0 Å². The van der Waals surface area contributed by atoms with Crippen molar-refractivity contribution in [3.63, 3.8) is 0 Å². The minimum atomic E-state index is -4.80. The van der Waals surface area contributed by atoms with E-state index >= 15 is 0 Å². The van der Waals surface area contributed by atoms with Gasteiger partial charge in [-0.2, -0.15) is 13.2 Å². The molecule has 88 valence electrons. The lowest BCUT2D eigenvalue weighted by Gasteiger charge is -2.08. The number of alkyl halides is 3. The molecule has 0 heterocycles. The Balaban J connectivity index is 2.95. The molecule has 5 heteroatoms. The summed E-state index contributed by atoms with van der Waals surface area (Å²) in [6, 6.07) is 5.61. The van der Waals surface area contributed by atoms with Gasteiger partial charge in [0.05, 0.1) is 0 Å². The summed E-state index contributed by atoms with van der Waals surface area (Å²) >= 11 is 1.42. The lowest BCUT2D eigenvalue weighted by atomic mass is 10.1. The first-order valence-electron chi connectivity index (χ1n) is 4.69. The molecule has 1 aromatic carbocycles. The fraction of sp³-hybridized carbons (Fsp3) is 0.364. The quantitative estimate of drug-likeness (QED) is 0.595. The molecule has 0 saturated heterocycles. The maximum atomic E-state index is 12.2. The first kappa shape index (κ1) is 13.1. The molecule has 0 amide bonds. The van der Waals surface area contributed by atoms with Gasteiger partial charge in [0, 0.05) is 15.7 Å². The zero-order valence-electron chi connectivity index (χ0n) is 8.84. The number of benzene rings is 1. The summed E-state index contributed by atoms with van der Waals surface area (Å²) in [7, 11) is 0. The Morgan fingerprint density at radius 1 is 1.31 bits per heavy atom. The van der Waals surface area contributed by atoms with Crippen molar-refractivity contribution in [1.82, 2.24) is 0 Å². The highest BCUT2D eigenvalue weighted by Gasteiger charge is 2.39. The third kappa shape index (κ3) is 3.56. The van der Waals surface area contributed by atoms with Crippen LogP contribution in [0, 0.1) is 0 Å². The lowest BCUT2D eigenvalue weighted by Crippen LogP contribution is -2.22. The molecule has 0 radical (unpaired) electrons. The van der Waals surface area contributed by atoms with Gasteiger partial charge in [0.25, 0.3) is 5.78 Å². The van der Waals surface area contributed by atoms with E-state index in [0.29, 0.717) is 4.90 Å². The number of hydrogen-bond donors (Lipinski definition) is 0. The standard InChI is InChI=1S/C11H11F3OS/c1-7(2)16-9-5-3-4-8(6-9)10(15)11(12,13)14/h3-7H,1-2H3. The SMILES string of the molecule is CC(C)Sc1cccc(C(=O)C(F)(F)F)c1. The topological polar surface area (TPSA) is 17.1 Å². The van der Waals surface area contributed by atoms with E-state index in [0.717, 1.165) is 0 Å². The fourth-order valence-corrected chi connectivity index (χ4v) is 2.04. The second kappa shape index (κ2) is 4.91. The highest BCUT2D eigenvalue weighted by molar-refractivity contribution is 7.99. The van der Waals surface area contributed by atoms with Crippen LogP contribution in [0.25, 0.3) is 0 Å². The van der Waals surface area contributed by atoms with Gasteiger partial charge in [0.1, 0.15) is 0 Å². The summed E-state index contributed by atoms with van der Waals surface area (Å²) in [5, 5.41) is 0.260. The van der Waals surface area contributed by atoms with Crippen molar-refractivity contribution in [1.29, 1.82) is 0 Å². The predicted molar refractivity (Wildman–Crippen MR) is 57.8 cm³/mol. The lowest BCUT2D eigenvalue weighted by molar-refractivity contribution is -0.0885. The van der Waals surface area contributed by atoms with Crippen molar-refractivity contribution in [2.45, 2.75) is 30.2 Å². The zero-order valence-corrected chi connectivity index (χ0v) is 9.65. The Kier molecular flexibility index (Phi) is 4.02. The van der Waals surface area contributed by atoms with E-state index in [4.69, 9.17) is 0 Å². The number of carbonyl (C=O) groups is 1. The van der Waals surface area contributed by atoms with Gasteiger partial charge in [-0.15, -0.1) is 11.8 Å². The number of carbonyl (C=O) groups excluding carboxylic acids is 1. The Labute approximate surface area is 96.0 Å². The minimum Gasteiger partial charge on any atom is -0.284 e. The summed E-state index contributed by atoms with van der Waals surface area (Å²) in [5.74, 6) is -1.79. The normalized spacial score (nSPS) is 11.9. The van der Waals surface area contributed by atoms with Crippen LogP contribution in [0.15, 0.2) is 29.2 Å². The van der Waals surface area contributed by atoms with E-state index in [2.05, 4.69) is 0 Å². The minimum absolute atomic E-state index is 0.260. The number of Topliss-reactive ketones (excluding diaryl/α,β-unsaturated/α-hetero) is 1. The second-order valence-corrected chi connectivity index (χ2v) is 5.17. The van der Waals surface area contributed by atoms with Gasteiger partial charge < -0.3 is 0 Å². The van der Waals surface area contributed by atoms with E-state index in [-0.39, 0.29) is 10.8 Å². The molecular formula is C11H11F3OS. The van der Waals surface area contributed by atoms with Crippen LogP contribution in [0.5, 0.6) is 0 Å². The molecule has 16 heavy (non-hydrogen) atoms. The molecule has 1 nitrogen and oxygen atoms in total. The van der Waals surface area contributed by atoms with Gasteiger partial charge in [-0.05, 0) is 12.1 Å². The molecule has 0 fully saturated rings. The molecular weight excluding hydrogens is 237 g/mol. The van der Waals surface area contributed by atoms with E-state index < -0.39 is 12.0 Å². The third-order valence-electron chi connectivity index (χ3n) is 1.73. The van der Waals surface area contributed by atoms with Crippen molar-refractivity contribution in [2.75, 3.05) is 0 Å². The van der Waals surface area contributed by atoms with E-state index in [1.165, 1.54) is 30.0 Å². The fourth-order valence-electron chi connectivity index (χ4n) is 1.15.